The molecule has 47 heavy (non-hydrogen) atoms. The van der Waals surface area contributed by atoms with E-state index in [-0.39, 0.29) is 6.03 Å². The molecular formula is C36H32N10O. The fourth-order valence-electron chi connectivity index (χ4n) is 4.95. The molecule has 0 radical (unpaired) electrons. The van der Waals surface area contributed by atoms with Gasteiger partial charge in [-0.25, -0.2) is 24.6 Å². The predicted molar refractivity (Wildman–Crippen MR) is 183 cm³/mol. The normalized spacial score (nSPS) is 10.6. The lowest BCUT2D eigenvalue weighted by Crippen LogP contribution is -2.37. The number of aryl methyl sites for hydroxylation is 1. The maximum Gasteiger partial charge on any atom is 0.327 e. The van der Waals surface area contributed by atoms with Gasteiger partial charge in [-0.05, 0) is 54.1 Å². The van der Waals surface area contributed by atoms with E-state index in [2.05, 4.69) is 36.8 Å². The number of amides is 2. The highest BCUT2D eigenvalue weighted by molar-refractivity contribution is 5.98. The van der Waals surface area contributed by atoms with E-state index in [1.54, 1.807) is 17.1 Å². The summed E-state index contributed by atoms with van der Waals surface area (Å²) in [5, 5.41) is 20.2. The highest BCUT2D eigenvalue weighted by atomic mass is 16.2. The minimum absolute atomic E-state index is 0.323. The van der Waals surface area contributed by atoms with Crippen LogP contribution < -0.4 is 20.4 Å². The molecule has 2 amide bonds. The van der Waals surface area contributed by atoms with E-state index in [1.165, 1.54) is 11.1 Å². The quantitative estimate of drug-likeness (QED) is 0.184. The summed E-state index contributed by atoms with van der Waals surface area (Å²) in [5.74, 6) is 0.804. The monoisotopic (exact) mass is 620 g/mol. The summed E-state index contributed by atoms with van der Waals surface area (Å²) in [6, 6.07) is 30.5. The van der Waals surface area contributed by atoms with Gasteiger partial charge >= 0.3 is 6.03 Å². The van der Waals surface area contributed by atoms with Crippen LogP contribution in [0.1, 0.15) is 11.1 Å². The average Bonchev–Trinajstić information content (AvgIpc) is 3.55. The predicted octanol–water partition coefficient (Wildman–Crippen LogP) is 6.67. The van der Waals surface area contributed by atoms with Crippen LogP contribution in [0.4, 0.5) is 33.6 Å². The maximum absolute atomic E-state index is 13.6. The number of nitriles is 1. The lowest BCUT2D eigenvalue weighted by atomic mass is 10.1. The Hall–Kier alpha value is -6.54. The van der Waals surface area contributed by atoms with E-state index in [4.69, 9.17) is 0 Å². The van der Waals surface area contributed by atoms with Crippen molar-refractivity contribution >= 4 is 34.9 Å². The number of nitrogens with one attached hydrogen (secondary N) is 2. The first-order chi connectivity index (χ1) is 22.9. The van der Waals surface area contributed by atoms with Crippen molar-refractivity contribution in [1.29, 1.82) is 5.26 Å². The highest BCUT2D eigenvalue weighted by Gasteiger charge is 2.20. The number of anilines is 5. The molecule has 0 saturated heterocycles. The summed E-state index contributed by atoms with van der Waals surface area (Å²) in [4.78, 5) is 30.8. The van der Waals surface area contributed by atoms with Crippen LogP contribution in [0.2, 0.25) is 0 Å². The Morgan fingerprint density at radius 1 is 0.830 bits per heavy atom. The van der Waals surface area contributed by atoms with Gasteiger partial charge in [-0.2, -0.15) is 10.4 Å². The molecule has 0 saturated carbocycles. The Bertz CT molecular complexity index is 2010. The second-order valence-corrected chi connectivity index (χ2v) is 11.0. The Morgan fingerprint density at radius 2 is 1.55 bits per heavy atom. The average molecular weight is 621 g/mol. The third-order valence-corrected chi connectivity index (χ3v) is 7.45. The molecule has 2 N–H and O–H groups in total. The molecule has 0 unspecified atom stereocenters. The molecule has 3 aromatic carbocycles. The summed E-state index contributed by atoms with van der Waals surface area (Å²) < 4.78 is 1.73. The van der Waals surface area contributed by atoms with Crippen molar-refractivity contribution < 1.29 is 4.79 Å². The molecule has 6 rings (SSSR count). The van der Waals surface area contributed by atoms with Crippen molar-refractivity contribution in [3.63, 3.8) is 0 Å². The second kappa shape index (κ2) is 13.6. The first-order valence-corrected chi connectivity index (χ1v) is 14.9. The van der Waals surface area contributed by atoms with Gasteiger partial charge in [0.1, 0.15) is 11.9 Å². The van der Waals surface area contributed by atoms with E-state index < -0.39 is 0 Å². The van der Waals surface area contributed by atoms with Crippen LogP contribution in [0.3, 0.4) is 0 Å². The van der Waals surface area contributed by atoms with Crippen molar-refractivity contribution in [2.45, 2.75) is 6.54 Å². The van der Waals surface area contributed by atoms with Crippen molar-refractivity contribution in [2.24, 2.45) is 7.05 Å². The number of benzene rings is 3. The molecule has 3 aromatic heterocycles. The Labute approximate surface area is 272 Å². The van der Waals surface area contributed by atoms with Gasteiger partial charge in [0.25, 0.3) is 0 Å². The molecule has 6 aromatic rings. The first-order valence-electron chi connectivity index (χ1n) is 14.9. The smallest absolute Gasteiger partial charge is 0.327 e. The molecule has 11 heteroatoms. The minimum atomic E-state index is -0.323. The van der Waals surface area contributed by atoms with Gasteiger partial charge in [0, 0.05) is 68.1 Å². The zero-order chi connectivity index (χ0) is 32.8. The zero-order valence-corrected chi connectivity index (χ0v) is 26.2. The number of pyridine rings is 1. The Morgan fingerprint density at radius 3 is 2.19 bits per heavy atom. The molecule has 11 nitrogen and oxygen atoms in total. The lowest BCUT2D eigenvalue weighted by Gasteiger charge is -2.23. The zero-order valence-electron chi connectivity index (χ0n) is 26.2. The minimum Gasteiger partial charge on any atom is -0.378 e. The molecule has 0 aliphatic heterocycles. The molecule has 232 valence electrons. The standard InChI is InChI=1S/C36H32N10O/c1-44(2)31-14-9-26(10-15-31)34-28(19-37)22-39-35(43-34)42-30-12-16-32(17-13-30)46(36(47)40-20-25-7-5-4-6-8-25)33-18-11-27(21-38-33)29-23-41-45(3)24-29/h4-18,21-24H,20H2,1-3H3,(H,40,47)(H,39,42,43). The van der Waals surface area contributed by atoms with Crippen LogP contribution in [0.5, 0.6) is 0 Å². The van der Waals surface area contributed by atoms with Crippen molar-refractivity contribution in [2.75, 3.05) is 29.2 Å². The third kappa shape index (κ3) is 7.08. The number of urea groups is 1. The Balaban J connectivity index is 1.25. The van der Waals surface area contributed by atoms with Gasteiger partial charge < -0.3 is 15.5 Å². The van der Waals surface area contributed by atoms with Crippen molar-refractivity contribution in [1.82, 2.24) is 30.0 Å². The van der Waals surface area contributed by atoms with Crippen molar-refractivity contribution in [3.8, 4) is 28.5 Å². The number of carbonyl (C=O) groups excluding carboxylic acids is 1. The number of aromatic nitrogens is 5. The van der Waals surface area contributed by atoms with E-state index >= 15 is 0 Å². The van der Waals surface area contributed by atoms with Gasteiger partial charge in [-0.3, -0.25) is 4.68 Å². The van der Waals surface area contributed by atoms with E-state index in [0.717, 1.165) is 27.9 Å². The number of hydrogen-bond acceptors (Lipinski definition) is 8. The molecule has 0 aliphatic rings. The largest absolute Gasteiger partial charge is 0.378 e. The van der Waals surface area contributed by atoms with E-state index in [9.17, 15) is 10.1 Å². The van der Waals surface area contributed by atoms with Crippen LogP contribution in [0, 0.1) is 11.3 Å². The van der Waals surface area contributed by atoms with Crippen LogP contribution in [0.25, 0.3) is 22.4 Å². The fraction of sp³-hybridized carbons (Fsp3) is 0.111. The van der Waals surface area contributed by atoms with E-state index in [0.29, 0.717) is 40.9 Å². The fourth-order valence-corrected chi connectivity index (χ4v) is 4.95. The highest BCUT2D eigenvalue weighted by Crippen LogP contribution is 2.29. The second-order valence-electron chi connectivity index (χ2n) is 11.0. The topological polar surface area (TPSA) is 128 Å². The van der Waals surface area contributed by atoms with Gasteiger partial charge in [-0.1, -0.05) is 42.5 Å². The maximum atomic E-state index is 13.6. The third-order valence-electron chi connectivity index (χ3n) is 7.45. The van der Waals surface area contributed by atoms with Gasteiger partial charge in [0.15, 0.2) is 0 Å². The molecule has 0 spiro atoms. The van der Waals surface area contributed by atoms with Crippen LogP contribution in [-0.4, -0.2) is 44.9 Å². The lowest BCUT2D eigenvalue weighted by molar-refractivity contribution is 0.248. The van der Waals surface area contributed by atoms with E-state index in [1.807, 2.05) is 123 Å². The SMILES string of the molecule is CN(C)c1ccc(-c2nc(Nc3ccc(N(C(=O)NCc4ccccc4)c4ccc(-c5cnn(C)c5)cn4)cc3)ncc2C#N)cc1. The van der Waals surface area contributed by atoms with Crippen molar-refractivity contribution in [3.05, 3.63) is 127 Å². The number of nitrogens with zero attached hydrogens (tertiary/aromatic N) is 8. The summed E-state index contributed by atoms with van der Waals surface area (Å²) in [5.41, 5.74) is 6.89. The first kappa shape index (κ1) is 30.5. The van der Waals surface area contributed by atoms with Gasteiger partial charge in [0.05, 0.1) is 29.3 Å². The summed E-state index contributed by atoms with van der Waals surface area (Å²) in [7, 11) is 5.80. The molecule has 3 heterocycles. The van der Waals surface area contributed by atoms with Gasteiger partial charge in [0.2, 0.25) is 5.95 Å². The van der Waals surface area contributed by atoms with Crippen LogP contribution in [-0.2, 0) is 13.6 Å². The summed E-state index contributed by atoms with van der Waals surface area (Å²) in [6.45, 7) is 0.361. The molecule has 0 atom stereocenters. The van der Waals surface area contributed by atoms with Crippen LogP contribution >= 0.6 is 0 Å². The summed E-state index contributed by atoms with van der Waals surface area (Å²) in [6.07, 6.45) is 6.92. The summed E-state index contributed by atoms with van der Waals surface area (Å²) >= 11 is 0. The Kier molecular flexibility index (Phi) is 8.84. The van der Waals surface area contributed by atoms with Gasteiger partial charge in [-0.15, -0.1) is 0 Å². The molecule has 0 aliphatic carbocycles. The molecule has 0 fully saturated rings. The number of rotatable bonds is 9. The number of hydrogen-bond donors (Lipinski definition) is 2. The molecule has 0 bridgehead atoms. The van der Waals surface area contributed by atoms with Crippen LogP contribution in [0.15, 0.2) is 116 Å². The number of carbonyl (C=O) groups is 1. The molecular weight excluding hydrogens is 588 g/mol.